The van der Waals surface area contributed by atoms with Gasteiger partial charge in [0.05, 0.1) is 5.69 Å². The predicted molar refractivity (Wildman–Crippen MR) is 43.7 cm³/mol. The Morgan fingerprint density at radius 1 is 1.36 bits per heavy atom. The topological polar surface area (TPSA) is 29.4 Å². The summed E-state index contributed by atoms with van der Waals surface area (Å²) in [4.78, 5) is 13.5. The van der Waals surface area contributed by atoms with Crippen LogP contribution in [-0.2, 0) is 4.79 Å². The highest BCUT2D eigenvalue weighted by molar-refractivity contribution is 5.55. The molecule has 0 unspecified atom stereocenters. The maximum Gasteiger partial charge on any atom is 0.240 e. The molecule has 0 heterocycles. The molecule has 0 aliphatic carbocycles. The Labute approximate surface area is 65.6 Å². The Morgan fingerprint density at radius 2 is 2.09 bits per heavy atom. The molecule has 0 aliphatic heterocycles. The van der Waals surface area contributed by atoms with Gasteiger partial charge in [0.1, 0.15) is 0 Å². The summed E-state index contributed by atoms with van der Waals surface area (Å²) in [6, 6.07) is 5.66. The minimum absolute atomic E-state index is 0.708. The molecule has 0 spiro atoms. The summed E-state index contributed by atoms with van der Waals surface area (Å²) in [7, 11) is 0. The molecule has 0 saturated heterocycles. The number of nitrogens with zero attached hydrogens (tertiary/aromatic N) is 1. The van der Waals surface area contributed by atoms with Gasteiger partial charge in [-0.1, -0.05) is 12.1 Å². The molecule has 0 radical (unpaired) electrons. The van der Waals surface area contributed by atoms with Gasteiger partial charge in [0.15, 0.2) is 0 Å². The Hall–Kier alpha value is -1.40. The van der Waals surface area contributed by atoms with E-state index in [4.69, 9.17) is 0 Å². The zero-order chi connectivity index (χ0) is 8.27. The first kappa shape index (κ1) is 7.70. The van der Waals surface area contributed by atoms with Gasteiger partial charge in [-0.3, -0.25) is 0 Å². The Balaban J connectivity index is 3.26. The van der Waals surface area contributed by atoms with E-state index >= 15 is 0 Å². The lowest BCUT2D eigenvalue weighted by Gasteiger charge is -1.99. The minimum Gasteiger partial charge on any atom is -0.211 e. The minimum atomic E-state index is 0.708. The van der Waals surface area contributed by atoms with E-state index in [0.717, 1.165) is 11.1 Å². The van der Waals surface area contributed by atoms with E-state index in [2.05, 4.69) is 4.99 Å². The van der Waals surface area contributed by atoms with Crippen LogP contribution < -0.4 is 0 Å². The van der Waals surface area contributed by atoms with Crippen molar-refractivity contribution in [3.8, 4) is 0 Å². The summed E-state index contributed by atoms with van der Waals surface area (Å²) in [5, 5.41) is 0. The van der Waals surface area contributed by atoms with Crippen LogP contribution in [0.2, 0.25) is 0 Å². The van der Waals surface area contributed by atoms with Crippen molar-refractivity contribution in [1.29, 1.82) is 0 Å². The van der Waals surface area contributed by atoms with Crippen molar-refractivity contribution in [2.24, 2.45) is 4.99 Å². The molecule has 2 nitrogen and oxygen atoms in total. The number of rotatable bonds is 1. The van der Waals surface area contributed by atoms with Crippen LogP contribution in [0.4, 0.5) is 5.69 Å². The van der Waals surface area contributed by atoms with Gasteiger partial charge in [-0.25, -0.2) is 4.79 Å². The smallest absolute Gasteiger partial charge is 0.211 e. The third kappa shape index (κ3) is 1.54. The normalized spacial score (nSPS) is 8.91. The van der Waals surface area contributed by atoms with Gasteiger partial charge in [0.25, 0.3) is 0 Å². The fraction of sp³-hybridized carbons (Fsp3) is 0.222. The first-order valence-corrected chi connectivity index (χ1v) is 3.40. The summed E-state index contributed by atoms with van der Waals surface area (Å²) >= 11 is 0. The fourth-order valence-corrected chi connectivity index (χ4v) is 0.906. The average Bonchev–Trinajstić information content (AvgIpc) is 1.99. The number of isocyanates is 1. The molecule has 0 N–H and O–H groups in total. The lowest BCUT2D eigenvalue weighted by molar-refractivity contribution is 0.565. The van der Waals surface area contributed by atoms with Gasteiger partial charge in [0.2, 0.25) is 6.08 Å². The van der Waals surface area contributed by atoms with Crippen LogP contribution in [-0.4, -0.2) is 6.08 Å². The van der Waals surface area contributed by atoms with Crippen molar-refractivity contribution >= 4 is 11.8 Å². The highest BCUT2D eigenvalue weighted by atomic mass is 16.1. The number of carbonyl (C=O) groups excluding carboxylic acids is 1. The quantitative estimate of drug-likeness (QED) is 0.442. The molecule has 2 heteroatoms. The molecule has 56 valence electrons. The first-order chi connectivity index (χ1) is 5.25. The van der Waals surface area contributed by atoms with E-state index in [-0.39, 0.29) is 0 Å². The van der Waals surface area contributed by atoms with E-state index in [9.17, 15) is 4.79 Å². The van der Waals surface area contributed by atoms with Crippen molar-refractivity contribution in [3.05, 3.63) is 29.3 Å². The van der Waals surface area contributed by atoms with Gasteiger partial charge in [-0.05, 0) is 31.0 Å². The van der Waals surface area contributed by atoms with Crippen molar-refractivity contribution in [3.63, 3.8) is 0 Å². The van der Waals surface area contributed by atoms with Crippen LogP contribution in [0.25, 0.3) is 0 Å². The number of hydrogen-bond acceptors (Lipinski definition) is 2. The van der Waals surface area contributed by atoms with Crippen molar-refractivity contribution in [2.45, 2.75) is 13.8 Å². The predicted octanol–water partition coefficient (Wildman–Crippen LogP) is 2.27. The lowest BCUT2D eigenvalue weighted by atomic mass is 10.1. The zero-order valence-electron chi connectivity index (χ0n) is 6.59. The van der Waals surface area contributed by atoms with Gasteiger partial charge >= 0.3 is 0 Å². The van der Waals surface area contributed by atoms with Gasteiger partial charge in [-0.15, -0.1) is 0 Å². The Kier molecular flexibility index (Phi) is 2.19. The molecule has 11 heavy (non-hydrogen) atoms. The molecule has 0 fully saturated rings. The SMILES string of the molecule is Cc1cccc(N=C=O)c1C. The van der Waals surface area contributed by atoms with Gasteiger partial charge in [-0.2, -0.15) is 4.99 Å². The van der Waals surface area contributed by atoms with Crippen LogP contribution >= 0.6 is 0 Å². The molecule has 1 rings (SSSR count). The molecule has 0 aliphatic rings. The number of benzene rings is 1. The van der Waals surface area contributed by atoms with Crippen LogP contribution in [0.5, 0.6) is 0 Å². The molecule has 0 saturated carbocycles. The fourth-order valence-electron chi connectivity index (χ4n) is 0.906. The van der Waals surface area contributed by atoms with E-state index in [1.165, 1.54) is 6.08 Å². The second kappa shape index (κ2) is 3.13. The molecule has 0 atom stereocenters. The van der Waals surface area contributed by atoms with Crippen LogP contribution in [0.15, 0.2) is 23.2 Å². The monoisotopic (exact) mass is 147 g/mol. The summed E-state index contributed by atoms with van der Waals surface area (Å²) in [6.45, 7) is 3.92. The van der Waals surface area contributed by atoms with E-state index in [1.54, 1.807) is 6.07 Å². The van der Waals surface area contributed by atoms with E-state index in [0.29, 0.717) is 5.69 Å². The lowest BCUT2D eigenvalue weighted by Crippen LogP contribution is -1.79. The molecule has 1 aromatic carbocycles. The van der Waals surface area contributed by atoms with Gasteiger partial charge in [0, 0.05) is 0 Å². The van der Waals surface area contributed by atoms with Crippen molar-refractivity contribution < 1.29 is 4.79 Å². The third-order valence-electron chi connectivity index (χ3n) is 1.74. The summed E-state index contributed by atoms with van der Waals surface area (Å²) in [5.74, 6) is 0. The maximum absolute atomic E-state index is 9.95. The highest BCUT2D eigenvalue weighted by Crippen LogP contribution is 2.19. The average molecular weight is 147 g/mol. The molecule has 0 aromatic heterocycles. The summed E-state index contributed by atoms with van der Waals surface area (Å²) in [5.41, 5.74) is 2.89. The summed E-state index contributed by atoms with van der Waals surface area (Å²) < 4.78 is 0. The van der Waals surface area contributed by atoms with Gasteiger partial charge < -0.3 is 0 Å². The van der Waals surface area contributed by atoms with Crippen LogP contribution in [0, 0.1) is 13.8 Å². The Morgan fingerprint density at radius 3 is 2.73 bits per heavy atom. The van der Waals surface area contributed by atoms with Crippen LogP contribution in [0.3, 0.4) is 0 Å². The third-order valence-corrected chi connectivity index (χ3v) is 1.74. The number of hydrogen-bond donors (Lipinski definition) is 0. The number of aryl methyl sites for hydroxylation is 1. The molecule has 1 aromatic rings. The molecular weight excluding hydrogens is 138 g/mol. The molecule has 0 bridgehead atoms. The van der Waals surface area contributed by atoms with E-state index in [1.807, 2.05) is 26.0 Å². The highest BCUT2D eigenvalue weighted by Gasteiger charge is 1.96. The Bertz CT molecular complexity index is 311. The zero-order valence-corrected chi connectivity index (χ0v) is 6.59. The van der Waals surface area contributed by atoms with E-state index < -0.39 is 0 Å². The van der Waals surface area contributed by atoms with Crippen LogP contribution in [0.1, 0.15) is 11.1 Å². The second-order valence-electron chi connectivity index (χ2n) is 2.42. The second-order valence-corrected chi connectivity index (χ2v) is 2.42. The maximum atomic E-state index is 9.95. The first-order valence-electron chi connectivity index (χ1n) is 3.40. The molecule has 0 amide bonds. The summed E-state index contributed by atoms with van der Waals surface area (Å²) in [6.07, 6.45) is 1.53. The largest absolute Gasteiger partial charge is 0.240 e. The number of aliphatic imine (C=N–C) groups is 1. The standard InChI is InChI=1S/C9H9NO/c1-7-4-3-5-9(8(7)2)10-6-11/h3-5H,1-2H3. The van der Waals surface area contributed by atoms with Crippen molar-refractivity contribution in [1.82, 2.24) is 0 Å². The van der Waals surface area contributed by atoms with Crippen molar-refractivity contribution in [2.75, 3.05) is 0 Å². The molecular formula is C9H9NO.